The van der Waals surface area contributed by atoms with Crippen molar-refractivity contribution in [2.24, 2.45) is 5.73 Å². The summed E-state index contributed by atoms with van der Waals surface area (Å²) >= 11 is 0. The summed E-state index contributed by atoms with van der Waals surface area (Å²) in [6.07, 6.45) is 7.10. The lowest BCUT2D eigenvalue weighted by molar-refractivity contribution is -0.123. The Bertz CT molecular complexity index is 6260. The highest BCUT2D eigenvalue weighted by Gasteiger charge is 2.53. The highest BCUT2D eigenvalue weighted by Crippen LogP contribution is 2.49. The number of hydrogen-bond acceptors (Lipinski definition) is 24. The fourth-order valence-corrected chi connectivity index (χ4v) is 20.9. The lowest BCUT2D eigenvalue weighted by atomic mass is 10.0. The van der Waals surface area contributed by atoms with E-state index in [2.05, 4.69) is 82.7 Å². The van der Waals surface area contributed by atoms with Crippen LogP contribution in [0.25, 0.3) is 16.7 Å². The van der Waals surface area contributed by atoms with Crippen molar-refractivity contribution in [2.75, 3.05) is 128 Å². The molecule has 0 saturated heterocycles. The molecule has 144 heavy (non-hydrogen) atoms. The summed E-state index contributed by atoms with van der Waals surface area (Å²) < 4.78 is 140. The molecule has 0 unspecified atom stereocenters. The minimum absolute atomic E-state index is 0.0171. The number of aryl methyl sites for hydroxylation is 2. The number of halogens is 3. The first-order valence-electron chi connectivity index (χ1n) is 48.2. The van der Waals surface area contributed by atoms with Crippen LogP contribution < -0.4 is 63.2 Å². The number of alkyl halides is 3. The molecule has 15 rings (SSSR count). The first-order valence-corrected chi connectivity index (χ1v) is 64.5. The highest BCUT2D eigenvalue weighted by atomic mass is 32.2. The Morgan fingerprint density at radius 1 is 0.347 bits per heavy atom. The van der Waals surface area contributed by atoms with Crippen LogP contribution in [0.15, 0.2) is 152 Å². The summed E-state index contributed by atoms with van der Waals surface area (Å²) in [4.78, 5) is 127. The van der Waals surface area contributed by atoms with Gasteiger partial charge in [-0.25, -0.2) is 0 Å². The molecule has 0 spiro atoms. The third-order valence-electron chi connectivity index (χ3n) is 25.9. The molecule has 32 nitrogen and oxygen atoms in total. The van der Waals surface area contributed by atoms with Crippen molar-refractivity contribution in [3.8, 4) is 46.0 Å². The molecule has 0 aromatic heterocycles. The number of ether oxygens (including phenoxy) is 12. The summed E-state index contributed by atoms with van der Waals surface area (Å²) in [5.74, 6) is -2.15. The van der Waals surface area contributed by atoms with Gasteiger partial charge in [-0.1, -0.05) is 162 Å². The number of nitrogens with two attached hydrogens (primary N) is 1. The minimum Gasteiger partial charge on any atom is -0.493 e. The van der Waals surface area contributed by atoms with Crippen molar-refractivity contribution in [1.29, 1.82) is 0 Å². The average molecular weight is 2080 g/mol. The van der Waals surface area contributed by atoms with E-state index in [1.54, 1.807) is 69.7 Å². The molecule has 0 saturated carbocycles. The van der Waals surface area contributed by atoms with Gasteiger partial charge >= 0.3 is 15.6 Å². The maximum absolute atomic E-state index is 14.6. The molecule has 772 valence electrons. The Morgan fingerprint density at radius 3 is 0.840 bits per heavy atom. The van der Waals surface area contributed by atoms with E-state index in [4.69, 9.17) is 62.6 Å². The van der Waals surface area contributed by atoms with E-state index in [1.807, 2.05) is 86.6 Å². The van der Waals surface area contributed by atoms with Crippen molar-refractivity contribution in [3.05, 3.63) is 208 Å². The summed E-state index contributed by atoms with van der Waals surface area (Å²) in [6.45, 7) is 32.7. The van der Waals surface area contributed by atoms with Gasteiger partial charge in [-0.05, 0) is 101 Å². The van der Waals surface area contributed by atoms with Gasteiger partial charge in [0.25, 0.3) is 47.3 Å². The predicted octanol–water partition coefficient (Wildman–Crippen LogP) is 17.5. The molecule has 2 N–H and O–H groups in total. The number of amides is 8. The summed E-state index contributed by atoms with van der Waals surface area (Å²) in [5.41, 5.74) is 10.6. The number of nitrogens with zero attached hydrogens (tertiary/aromatic N) is 8. The lowest BCUT2D eigenvalue weighted by Gasteiger charge is -2.27. The minimum atomic E-state index is -6.09. The normalized spacial score (nSPS) is 18.0. The second kappa shape index (κ2) is 44.8. The Kier molecular flexibility index (Phi) is 33.5. The van der Waals surface area contributed by atoms with Crippen LogP contribution in [0.4, 0.5) is 35.9 Å². The third kappa shape index (κ3) is 25.0. The van der Waals surface area contributed by atoms with Gasteiger partial charge in [0.05, 0.1) is 99.9 Å². The summed E-state index contributed by atoms with van der Waals surface area (Å²) in [7, 11) is -6.25. The van der Waals surface area contributed by atoms with Crippen LogP contribution in [0.2, 0.25) is 103 Å². The fraction of sp³-hybridized carbons (Fsp3) is 0.442. The highest BCUT2D eigenvalue weighted by molar-refractivity contribution is 7.87. The van der Waals surface area contributed by atoms with Gasteiger partial charge in [-0.2, -0.15) is 21.6 Å². The maximum atomic E-state index is 14.6. The molecule has 8 aliphatic rings. The van der Waals surface area contributed by atoms with Crippen molar-refractivity contribution in [3.63, 3.8) is 0 Å². The third-order valence-corrected chi connectivity index (χ3v) is 33.7. The molecule has 4 atom stereocenters. The van der Waals surface area contributed by atoms with E-state index in [1.165, 1.54) is 55.3 Å². The molecule has 8 aliphatic heterocycles. The van der Waals surface area contributed by atoms with Gasteiger partial charge in [-0.3, -0.25) is 62.9 Å². The van der Waals surface area contributed by atoms with Crippen LogP contribution >= 0.6 is 0 Å². The second-order valence-electron chi connectivity index (χ2n) is 41.5. The van der Waals surface area contributed by atoms with Crippen LogP contribution in [0, 0.1) is 13.8 Å². The van der Waals surface area contributed by atoms with Gasteiger partial charge in [0, 0.05) is 153 Å². The Hall–Kier alpha value is -12.1. The molecular formula is C104H130F3N9O23SSi4. The zero-order chi connectivity index (χ0) is 104. The van der Waals surface area contributed by atoms with Crippen molar-refractivity contribution < 1.29 is 121 Å². The van der Waals surface area contributed by atoms with E-state index >= 15 is 0 Å². The van der Waals surface area contributed by atoms with Crippen molar-refractivity contribution in [1.82, 2.24) is 19.6 Å². The maximum Gasteiger partial charge on any atom is 0.534 e. The number of carbonyl (C=O) groups excluding carboxylic acids is 8. The fourth-order valence-electron chi connectivity index (χ4n) is 17.4. The number of anilines is 4. The molecule has 7 aromatic rings. The van der Waals surface area contributed by atoms with Gasteiger partial charge < -0.3 is 81.5 Å². The van der Waals surface area contributed by atoms with Crippen LogP contribution in [-0.2, 0) is 59.0 Å². The number of methoxy groups -OCH3 is 4. The average Bonchev–Trinajstić information content (AvgIpc) is 1.61. The largest absolute Gasteiger partial charge is 0.534 e. The predicted molar refractivity (Wildman–Crippen MR) is 552 cm³/mol. The second-order valence-corrected chi connectivity index (χ2v) is 65.6. The van der Waals surface area contributed by atoms with Gasteiger partial charge in [0.15, 0.2) is 46.0 Å². The number of benzene rings is 7. The number of rotatable bonds is 42. The van der Waals surface area contributed by atoms with E-state index in [9.17, 15) is 59.9 Å². The standard InChI is InChI=1S/C55H69N5O10Si2.C49H61F3N4O13SSi2/c1-36-11-15-38(16-12-36)40-25-46-54(63)59(34-67-21-23-71(4,5)6)44-29-50(48(65-2)27-42(44)52(61)57(46)32-40)69-19-10-20-70-51-30-45-43(28-49(51)66-3)53(62)58-33-41(39-17-13-37(31-56)14-18-39)26-47(58)55(64)60(45)35-68-22-24-72(7,8)9;1-31-11-13-32(14-12-31)33-21-39-47(59)55(29-65-17-19-71(4,5)6)37-25-43(41(63-2)23-35(37)45(57)53(39)27-33)67-15-10-16-68-44-26-38-36(24-42(44)64-3)46(58)54-28-34(69-70(61,62)49(50,51)52)22-40(54)48(60)56(38)30-66-18-20-72(7,8)9/h11-18,27-30,32-33,46-47H,10,19-26,31,34-35,56H2,1-9H3;11-14,23-28,39-40H,10,15-22,29-30H2,1-9H3/t46-,47-;39-,40-/m00/s1. The number of fused-ring (bicyclic) bond motifs is 8. The molecule has 8 heterocycles. The molecule has 0 aliphatic carbocycles. The van der Waals surface area contributed by atoms with Crippen LogP contribution in [0.3, 0.4) is 0 Å². The number of hydrogen-bond donors (Lipinski definition) is 1. The van der Waals surface area contributed by atoms with E-state index < -0.39 is 96.1 Å². The monoisotopic (exact) mass is 2070 g/mol. The smallest absolute Gasteiger partial charge is 0.493 e. The Balaban J connectivity index is 0.000000228. The van der Waals surface area contributed by atoms with Crippen LogP contribution in [0.5, 0.6) is 46.0 Å². The number of carbonyl (C=O) groups is 8. The van der Waals surface area contributed by atoms with Gasteiger partial charge in [0.1, 0.15) is 56.8 Å². The van der Waals surface area contributed by atoms with Crippen molar-refractivity contribution in [2.45, 2.75) is 191 Å². The summed E-state index contributed by atoms with van der Waals surface area (Å²) in [5, 5.41) is 0. The Labute approximate surface area is 843 Å². The Morgan fingerprint density at radius 2 is 0.597 bits per heavy atom. The molecule has 8 amide bonds. The topological polar surface area (TPSA) is 343 Å². The molecule has 0 bridgehead atoms. The van der Waals surface area contributed by atoms with E-state index in [0.29, 0.717) is 97.7 Å². The van der Waals surface area contributed by atoms with E-state index in [0.717, 1.165) is 90.3 Å². The molecule has 7 aromatic carbocycles. The van der Waals surface area contributed by atoms with Gasteiger partial charge in [0.2, 0.25) is 0 Å². The summed E-state index contributed by atoms with van der Waals surface area (Å²) in [6, 6.07) is 36.0. The molecule has 0 fully saturated rings. The van der Waals surface area contributed by atoms with E-state index in [-0.39, 0.29) is 147 Å². The molecule has 0 radical (unpaired) electrons. The quantitative estimate of drug-likeness (QED) is 0.0161. The van der Waals surface area contributed by atoms with Crippen LogP contribution in [-0.4, -0.2) is 245 Å². The van der Waals surface area contributed by atoms with Crippen LogP contribution in [0.1, 0.15) is 113 Å². The SMILES string of the molecule is COc1cc2c(cc1OCCCOc1cc3c(cc1OC)C(=O)N1C=C(c4ccc(C)cc4)C[C@H]1C(=O)N3COCC[Si](C)(C)C)N(COCC[Si](C)(C)C)C(=O)[C@@H]1CC(OS(=O)(=O)C(F)(F)F)=CN1C2=O.COc1cc2c(cc1OCCCOc1cc3c(cc1OC)C(=O)N1C=C(c4ccc(CN)cc4)C[C@H]1C(=O)N3COCC[Si](C)(C)C)N(COCC[Si](C)(C)C)C(=O)[C@@H]1CC(c3ccc(C)cc3)=CN1C2=O. The first kappa shape index (κ1) is 108. The molecular weight excluding hydrogens is 1940 g/mol. The van der Waals surface area contributed by atoms with Gasteiger partial charge in [-0.15, -0.1) is 0 Å². The first-order chi connectivity index (χ1) is 68.2. The zero-order valence-corrected chi connectivity index (χ0v) is 89.8. The lowest BCUT2D eigenvalue weighted by Crippen LogP contribution is -2.45. The zero-order valence-electron chi connectivity index (χ0n) is 85.0. The van der Waals surface area contributed by atoms with Crippen molar-refractivity contribution >= 4 is 129 Å². The molecule has 40 heteroatoms.